The number of hydrogen-bond acceptors (Lipinski definition) is 7. The predicted octanol–water partition coefficient (Wildman–Crippen LogP) is 3.65. The van der Waals surface area contributed by atoms with Gasteiger partial charge in [0, 0.05) is 43.6 Å². The normalized spacial score (nSPS) is 16.7. The van der Waals surface area contributed by atoms with Gasteiger partial charge in [-0.3, -0.25) is 9.67 Å². The van der Waals surface area contributed by atoms with Crippen molar-refractivity contribution in [1.82, 2.24) is 24.3 Å². The van der Waals surface area contributed by atoms with Crippen molar-refractivity contribution in [3.8, 4) is 22.8 Å². The van der Waals surface area contributed by atoms with Crippen molar-refractivity contribution in [2.24, 2.45) is 12.0 Å². The van der Waals surface area contributed by atoms with Gasteiger partial charge >= 0.3 is 0 Å². The maximum absolute atomic E-state index is 6.06. The number of benzene rings is 1. The van der Waals surface area contributed by atoms with Crippen molar-refractivity contribution in [2.75, 3.05) is 20.8 Å². The quantitative estimate of drug-likeness (QED) is 0.436. The molecule has 4 aromatic rings. The lowest BCUT2D eigenvalue weighted by atomic mass is 10.1. The Morgan fingerprint density at radius 3 is 2.59 bits per heavy atom. The Morgan fingerprint density at radius 1 is 1.09 bits per heavy atom. The summed E-state index contributed by atoms with van der Waals surface area (Å²) in [7, 11) is 5.15. The topological polar surface area (TPSA) is 88.6 Å². The molecule has 1 aromatic carbocycles. The van der Waals surface area contributed by atoms with Crippen LogP contribution in [0.1, 0.15) is 19.3 Å². The molecule has 1 atom stereocenters. The Morgan fingerprint density at radius 2 is 1.91 bits per heavy atom. The van der Waals surface area contributed by atoms with Crippen LogP contribution < -0.4 is 15.0 Å². The molecule has 9 heteroatoms. The van der Waals surface area contributed by atoms with E-state index in [0.29, 0.717) is 18.0 Å². The van der Waals surface area contributed by atoms with Crippen LogP contribution in [0.25, 0.3) is 22.4 Å². The Bertz CT molecular complexity index is 1350. The molecular formula is C25H28N6O3. The third-order valence-corrected chi connectivity index (χ3v) is 5.94. The Kier molecular flexibility index (Phi) is 6.27. The predicted molar refractivity (Wildman–Crippen MR) is 128 cm³/mol. The van der Waals surface area contributed by atoms with E-state index in [0.717, 1.165) is 59.5 Å². The van der Waals surface area contributed by atoms with Crippen LogP contribution in [0, 0.1) is 0 Å². The fourth-order valence-electron chi connectivity index (χ4n) is 4.17. The van der Waals surface area contributed by atoms with Crippen molar-refractivity contribution >= 4 is 16.9 Å². The zero-order valence-electron chi connectivity index (χ0n) is 19.6. The molecule has 5 rings (SSSR count). The smallest absolute Gasteiger partial charge is 0.160 e. The highest BCUT2D eigenvalue weighted by molar-refractivity contribution is 5.73. The standard InChI is InChI=1S/C25H28N6O3/c1-30-15-17(13-27-30)23-14-26-22-7-8-24(28-18-10-20(32-2)12-21(11-18)33-3)31(25(22)29-23)16-19-6-4-5-9-34-19/h7-8,10-15,19H,4-6,9,16H2,1-3H3. The fourth-order valence-corrected chi connectivity index (χ4v) is 4.17. The van der Waals surface area contributed by atoms with Gasteiger partial charge in [-0.2, -0.15) is 5.10 Å². The SMILES string of the molecule is COc1cc(N=c2ccc3ncc(-c4cnn(C)c4)nc3n2CC2CCCCO2)cc(OC)c1. The van der Waals surface area contributed by atoms with Gasteiger partial charge in [-0.25, -0.2) is 9.98 Å². The van der Waals surface area contributed by atoms with Gasteiger partial charge in [0.25, 0.3) is 0 Å². The first kappa shape index (κ1) is 22.1. The lowest BCUT2D eigenvalue weighted by Gasteiger charge is -2.24. The van der Waals surface area contributed by atoms with Gasteiger partial charge in [-0.05, 0) is 31.4 Å². The van der Waals surface area contributed by atoms with Gasteiger partial charge in [0.15, 0.2) is 5.65 Å². The van der Waals surface area contributed by atoms with Crippen molar-refractivity contribution in [3.05, 3.63) is 54.4 Å². The minimum absolute atomic E-state index is 0.0991. The number of rotatable bonds is 6. The molecule has 1 aliphatic rings. The van der Waals surface area contributed by atoms with Crippen LogP contribution in [0.3, 0.4) is 0 Å². The number of methoxy groups -OCH3 is 2. The summed E-state index contributed by atoms with van der Waals surface area (Å²) in [5, 5.41) is 4.27. The van der Waals surface area contributed by atoms with Crippen LogP contribution in [0.4, 0.5) is 5.69 Å². The van der Waals surface area contributed by atoms with E-state index in [-0.39, 0.29) is 6.10 Å². The van der Waals surface area contributed by atoms with Crippen LogP contribution in [0.5, 0.6) is 11.5 Å². The number of aromatic nitrogens is 5. The molecule has 3 aromatic heterocycles. The number of fused-ring (bicyclic) bond motifs is 1. The van der Waals surface area contributed by atoms with Crippen LogP contribution in [-0.2, 0) is 18.3 Å². The van der Waals surface area contributed by atoms with Crippen molar-refractivity contribution in [1.29, 1.82) is 0 Å². The van der Waals surface area contributed by atoms with Crippen LogP contribution >= 0.6 is 0 Å². The molecule has 0 radical (unpaired) electrons. The molecule has 4 heterocycles. The molecule has 1 unspecified atom stereocenters. The molecule has 176 valence electrons. The third kappa shape index (κ3) is 4.65. The van der Waals surface area contributed by atoms with E-state index < -0.39 is 0 Å². The van der Waals surface area contributed by atoms with Gasteiger partial charge in [0.1, 0.15) is 22.5 Å². The van der Waals surface area contributed by atoms with Gasteiger partial charge in [0.05, 0.1) is 50.6 Å². The maximum Gasteiger partial charge on any atom is 0.160 e. The molecule has 0 saturated carbocycles. The second-order valence-electron chi connectivity index (χ2n) is 8.34. The first-order valence-electron chi connectivity index (χ1n) is 11.4. The highest BCUT2D eigenvalue weighted by Gasteiger charge is 2.17. The van der Waals surface area contributed by atoms with E-state index in [1.807, 2.05) is 43.6 Å². The molecule has 0 aliphatic carbocycles. The summed E-state index contributed by atoms with van der Waals surface area (Å²) in [5.74, 6) is 1.36. The molecule has 0 amide bonds. The first-order valence-corrected chi connectivity index (χ1v) is 11.4. The summed E-state index contributed by atoms with van der Waals surface area (Å²) in [6.07, 6.45) is 8.87. The number of ether oxygens (including phenoxy) is 3. The first-order chi connectivity index (χ1) is 16.6. The monoisotopic (exact) mass is 460 g/mol. The summed E-state index contributed by atoms with van der Waals surface area (Å²) in [6.45, 7) is 1.42. The Labute approximate surface area is 197 Å². The maximum atomic E-state index is 6.06. The molecule has 1 saturated heterocycles. The van der Waals surface area contributed by atoms with Crippen molar-refractivity contribution in [3.63, 3.8) is 0 Å². The van der Waals surface area contributed by atoms with Crippen LogP contribution in [0.2, 0.25) is 0 Å². The Balaban J connectivity index is 1.68. The molecule has 1 aliphatic heterocycles. The summed E-state index contributed by atoms with van der Waals surface area (Å²) in [4.78, 5) is 14.6. The number of aryl methyl sites for hydroxylation is 1. The second kappa shape index (κ2) is 9.64. The number of hydrogen-bond donors (Lipinski definition) is 0. The molecule has 34 heavy (non-hydrogen) atoms. The van der Waals surface area contributed by atoms with Crippen molar-refractivity contribution < 1.29 is 14.2 Å². The largest absolute Gasteiger partial charge is 0.497 e. The molecular weight excluding hydrogens is 432 g/mol. The van der Waals surface area contributed by atoms with E-state index in [2.05, 4.69) is 14.6 Å². The van der Waals surface area contributed by atoms with Gasteiger partial charge in [-0.15, -0.1) is 0 Å². The average Bonchev–Trinajstić information content (AvgIpc) is 3.31. The highest BCUT2D eigenvalue weighted by Crippen LogP contribution is 2.27. The summed E-state index contributed by atoms with van der Waals surface area (Å²) in [5.41, 5.74) is 4.72. The minimum Gasteiger partial charge on any atom is -0.497 e. The summed E-state index contributed by atoms with van der Waals surface area (Å²) in [6, 6.07) is 9.51. The van der Waals surface area contributed by atoms with Crippen LogP contribution in [0.15, 0.2) is 53.9 Å². The lowest BCUT2D eigenvalue weighted by Crippen LogP contribution is -2.31. The van der Waals surface area contributed by atoms with E-state index in [9.17, 15) is 0 Å². The second-order valence-corrected chi connectivity index (χ2v) is 8.34. The van der Waals surface area contributed by atoms with E-state index in [1.165, 1.54) is 0 Å². The number of pyridine rings is 1. The molecule has 0 bridgehead atoms. The number of nitrogens with zero attached hydrogens (tertiary/aromatic N) is 6. The van der Waals surface area contributed by atoms with Crippen molar-refractivity contribution in [2.45, 2.75) is 31.9 Å². The lowest BCUT2D eigenvalue weighted by molar-refractivity contribution is 0.00596. The van der Waals surface area contributed by atoms with Gasteiger partial charge in [0.2, 0.25) is 0 Å². The molecule has 1 fully saturated rings. The summed E-state index contributed by atoms with van der Waals surface area (Å²) >= 11 is 0. The Hall–Kier alpha value is -3.72. The highest BCUT2D eigenvalue weighted by atomic mass is 16.5. The third-order valence-electron chi connectivity index (χ3n) is 5.94. The molecule has 0 spiro atoms. The van der Waals surface area contributed by atoms with Gasteiger partial charge < -0.3 is 18.8 Å². The van der Waals surface area contributed by atoms with E-state index >= 15 is 0 Å². The average molecular weight is 461 g/mol. The minimum atomic E-state index is 0.0991. The summed E-state index contributed by atoms with van der Waals surface area (Å²) < 4.78 is 20.8. The van der Waals surface area contributed by atoms with E-state index in [4.69, 9.17) is 24.2 Å². The van der Waals surface area contributed by atoms with Crippen LogP contribution in [-0.4, -0.2) is 51.2 Å². The fraction of sp³-hybridized carbons (Fsp3) is 0.360. The van der Waals surface area contributed by atoms with E-state index in [1.54, 1.807) is 31.3 Å². The zero-order chi connectivity index (χ0) is 23.5. The molecule has 0 N–H and O–H groups in total. The zero-order valence-corrected chi connectivity index (χ0v) is 19.6. The van der Waals surface area contributed by atoms with Gasteiger partial charge in [-0.1, -0.05) is 0 Å². The molecule has 9 nitrogen and oxygen atoms in total.